The Morgan fingerprint density at radius 2 is 2.25 bits per heavy atom. The molecule has 0 spiro atoms. The summed E-state index contributed by atoms with van der Waals surface area (Å²) in [5.41, 5.74) is 3.03. The minimum atomic E-state index is -0.199. The standard InChI is InChI=1S/C15H15N3O2/c1-11-4-2-6-14-17-12(10-18(11)14)7-8-16-15(19)13-5-3-9-20-13/h2-6,9-10H,7-8H2,1H3,(H,16,19). The monoisotopic (exact) mass is 269 g/mol. The van der Waals surface area contributed by atoms with Crippen LogP contribution in [0.25, 0.3) is 5.65 Å². The topological polar surface area (TPSA) is 59.5 Å². The van der Waals surface area contributed by atoms with Gasteiger partial charge in [-0.05, 0) is 31.2 Å². The number of imidazole rings is 1. The lowest BCUT2D eigenvalue weighted by molar-refractivity contribution is 0.0926. The minimum Gasteiger partial charge on any atom is -0.459 e. The van der Waals surface area contributed by atoms with Crippen molar-refractivity contribution in [3.63, 3.8) is 0 Å². The maximum Gasteiger partial charge on any atom is 0.286 e. The van der Waals surface area contributed by atoms with E-state index in [0.717, 1.165) is 17.0 Å². The molecule has 0 fully saturated rings. The number of fused-ring (bicyclic) bond motifs is 1. The fourth-order valence-corrected chi connectivity index (χ4v) is 2.12. The number of hydrogen-bond acceptors (Lipinski definition) is 3. The predicted octanol–water partition coefficient (Wildman–Crippen LogP) is 2.21. The van der Waals surface area contributed by atoms with Gasteiger partial charge < -0.3 is 14.1 Å². The van der Waals surface area contributed by atoms with E-state index in [4.69, 9.17) is 4.42 Å². The van der Waals surface area contributed by atoms with Gasteiger partial charge in [0.2, 0.25) is 0 Å². The number of aromatic nitrogens is 2. The van der Waals surface area contributed by atoms with Crippen LogP contribution in [0.2, 0.25) is 0 Å². The van der Waals surface area contributed by atoms with Crippen molar-refractivity contribution in [1.29, 1.82) is 0 Å². The average molecular weight is 269 g/mol. The molecule has 5 heteroatoms. The van der Waals surface area contributed by atoms with Gasteiger partial charge in [-0.1, -0.05) is 6.07 Å². The van der Waals surface area contributed by atoms with E-state index in [1.165, 1.54) is 6.26 Å². The molecule has 0 atom stereocenters. The highest BCUT2D eigenvalue weighted by atomic mass is 16.3. The first-order valence-electron chi connectivity index (χ1n) is 6.49. The average Bonchev–Trinajstić information content (AvgIpc) is 3.07. The molecule has 102 valence electrons. The minimum absolute atomic E-state index is 0.199. The van der Waals surface area contributed by atoms with Crippen LogP contribution in [0.3, 0.4) is 0 Å². The Bertz CT molecular complexity index is 729. The quantitative estimate of drug-likeness (QED) is 0.790. The molecule has 0 radical (unpaired) electrons. The van der Waals surface area contributed by atoms with Crippen molar-refractivity contribution in [1.82, 2.24) is 14.7 Å². The molecule has 0 aliphatic rings. The van der Waals surface area contributed by atoms with Crippen LogP contribution in [-0.4, -0.2) is 21.8 Å². The summed E-state index contributed by atoms with van der Waals surface area (Å²) in [7, 11) is 0. The fraction of sp³-hybridized carbons (Fsp3) is 0.200. The highest BCUT2D eigenvalue weighted by Gasteiger charge is 2.08. The van der Waals surface area contributed by atoms with Crippen LogP contribution in [-0.2, 0) is 6.42 Å². The van der Waals surface area contributed by atoms with E-state index in [9.17, 15) is 4.79 Å². The number of carbonyl (C=O) groups is 1. The van der Waals surface area contributed by atoms with Crippen molar-refractivity contribution < 1.29 is 9.21 Å². The summed E-state index contributed by atoms with van der Waals surface area (Å²) in [6, 6.07) is 9.33. The van der Waals surface area contributed by atoms with Gasteiger partial charge in [0.05, 0.1) is 12.0 Å². The molecule has 0 bridgehead atoms. The Labute approximate surface area is 116 Å². The number of aryl methyl sites for hydroxylation is 1. The lowest BCUT2D eigenvalue weighted by Crippen LogP contribution is -2.25. The Balaban J connectivity index is 1.63. The summed E-state index contributed by atoms with van der Waals surface area (Å²) in [5.74, 6) is 0.130. The Kier molecular flexibility index (Phi) is 3.25. The summed E-state index contributed by atoms with van der Waals surface area (Å²) in [4.78, 5) is 16.2. The van der Waals surface area contributed by atoms with Crippen LogP contribution in [0, 0.1) is 6.92 Å². The van der Waals surface area contributed by atoms with E-state index in [-0.39, 0.29) is 5.91 Å². The molecule has 3 heterocycles. The maximum absolute atomic E-state index is 11.7. The number of rotatable bonds is 4. The van der Waals surface area contributed by atoms with Gasteiger partial charge in [0.1, 0.15) is 5.65 Å². The number of furan rings is 1. The molecule has 5 nitrogen and oxygen atoms in total. The van der Waals surface area contributed by atoms with Crippen LogP contribution in [0.4, 0.5) is 0 Å². The number of carbonyl (C=O) groups excluding carboxylic acids is 1. The van der Waals surface area contributed by atoms with Crippen molar-refractivity contribution in [2.45, 2.75) is 13.3 Å². The van der Waals surface area contributed by atoms with Gasteiger partial charge >= 0.3 is 0 Å². The summed E-state index contributed by atoms with van der Waals surface area (Å²) in [6.07, 6.45) is 4.18. The van der Waals surface area contributed by atoms with Gasteiger partial charge in [0, 0.05) is 24.9 Å². The van der Waals surface area contributed by atoms with E-state index in [1.807, 2.05) is 35.7 Å². The molecule has 3 aromatic rings. The lowest BCUT2D eigenvalue weighted by atomic mass is 10.3. The Morgan fingerprint density at radius 3 is 3.00 bits per heavy atom. The molecule has 0 saturated carbocycles. The van der Waals surface area contributed by atoms with Gasteiger partial charge in [0.25, 0.3) is 5.91 Å². The highest BCUT2D eigenvalue weighted by Crippen LogP contribution is 2.08. The van der Waals surface area contributed by atoms with Gasteiger partial charge in [0.15, 0.2) is 5.76 Å². The van der Waals surface area contributed by atoms with Gasteiger partial charge in [-0.3, -0.25) is 4.79 Å². The molecular formula is C15H15N3O2. The van der Waals surface area contributed by atoms with Gasteiger partial charge in [-0.25, -0.2) is 4.98 Å². The molecule has 3 aromatic heterocycles. The number of amides is 1. The highest BCUT2D eigenvalue weighted by molar-refractivity contribution is 5.91. The Morgan fingerprint density at radius 1 is 1.35 bits per heavy atom. The van der Waals surface area contributed by atoms with E-state index in [0.29, 0.717) is 18.7 Å². The Hall–Kier alpha value is -2.56. The number of nitrogens with one attached hydrogen (secondary N) is 1. The van der Waals surface area contributed by atoms with Crippen LogP contribution in [0.5, 0.6) is 0 Å². The number of pyridine rings is 1. The molecule has 20 heavy (non-hydrogen) atoms. The van der Waals surface area contributed by atoms with E-state index in [1.54, 1.807) is 12.1 Å². The first-order chi connectivity index (χ1) is 9.74. The summed E-state index contributed by atoms with van der Waals surface area (Å²) < 4.78 is 7.08. The molecule has 0 aromatic carbocycles. The molecule has 0 saturated heterocycles. The second-order valence-electron chi connectivity index (χ2n) is 4.61. The van der Waals surface area contributed by atoms with Gasteiger partial charge in [-0.2, -0.15) is 0 Å². The van der Waals surface area contributed by atoms with Gasteiger partial charge in [-0.15, -0.1) is 0 Å². The molecule has 3 rings (SSSR count). The number of nitrogens with zero attached hydrogens (tertiary/aromatic N) is 2. The zero-order valence-corrected chi connectivity index (χ0v) is 11.2. The van der Waals surface area contributed by atoms with Crippen molar-refractivity contribution in [3.8, 4) is 0 Å². The summed E-state index contributed by atoms with van der Waals surface area (Å²) in [5, 5.41) is 2.81. The smallest absolute Gasteiger partial charge is 0.286 e. The molecule has 0 aliphatic heterocycles. The van der Waals surface area contributed by atoms with E-state index in [2.05, 4.69) is 10.3 Å². The normalized spacial score (nSPS) is 10.8. The lowest BCUT2D eigenvalue weighted by Gasteiger charge is -2.00. The van der Waals surface area contributed by atoms with Crippen LogP contribution in [0.1, 0.15) is 21.9 Å². The van der Waals surface area contributed by atoms with Crippen molar-refractivity contribution in [2.24, 2.45) is 0 Å². The largest absolute Gasteiger partial charge is 0.459 e. The zero-order chi connectivity index (χ0) is 13.9. The number of hydrogen-bond donors (Lipinski definition) is 1. The second-order valence-corrected chi connectivity index (χ2v) is 4.61. The first kappa shape index (κ1) is 12.5. The van der Waals surface area contributed by atoms with Crippen LogP contribution >= 0.6 is 0 Å². The first-order valence-corrected chi connectivity index (χ1v) is 6.49. The van der Waals surface area contributed by atoms with Crippen LogP contribution in [0.15, 0.2) is 47.2 Å². The zero-order valence-electron chi connectivity index (χ0n) is 11.2. The predicted molar refractivity (Wildman–Crippen MR) is 74.7 cm³/mol. The fourth-order valence-electron chi connectivity index (χ4n) is 2.12. The van der Waals surface area contributed by atoms with Crippen molar-refractivity contribution in [2.75, 3.05) is 6.54 Å². The van der Waals surface area contributed by atoms with E-state index >= 15 is 0 Å². The second kappa shape index (κ2) is 5.21. The van der Waals surface area contributed by atoms with E-state index < -0.39 is 0 Å². The SMILES string of the molecule is Cc1cccc2nc(CCNC(=O)c3ccco3)cn12. The van der Waals surface area contributed by atoms with Crippen molar-refractivity contribution >= 4 is 11.6 Å². The summed E-state index contributed by atoms with van der Waals surface area (Å²) >= 11 is 0. The molecule has 1 N–H and O–H groups in total. The molecule has 0 unspecified atom stereocenters. The maximum atomic E-state index is 11.7. The third-order valence-corrected chi connectivity index (χ3v) is 3.16. The molecule has 1 amide bonds. The van der Waals surface area contributed by atoms with Crippen LogP contribution < -0.4 is 5.32 Å². The summed E-state index contributed by atoms with van der Waals surface area (Å²) in [6.45, 7) is 2.57. The molecular weight excluding hydrogens is 254 g/mol. The van der Waals surface area contributed by atoms with Crippen molar-refractivity contribution in [3.05, 3.63) is 59.9 Å². The third kappa shape index (κ3) is 2.42. The third-order valence-electron chi connectivity index (χ3n) is 3.16. The molecule has 0 aliphatic carbocycles.